The monoisotopic (exact) mass is 332 g/mol. The summed E-state index contributed by atoms with van der Waals surface area (Å²) in [5.41, 5.74) is 7.45. The maximum absolute atomic E-state index is 4.89. The van der Waals surface area contributed by atoms with Gasteiger partial charge >= 0.3 is 0 Å². The van der Waals surface area contributed by atoms with Crippen LogP contribution in [0.15, 0.2) is 24.5 Å². The van der Waals surface area contributed by atoms with Gasteiger partial charge in [-0.05, 0) is 51.8 Å². The molecule has 4 heterocycles. The molecule has 0 aliphatic heterocycles. The second kappa shape index (κ2) is 4.88. The Morgan fingerprint density at radius 2 is 1.92 bits per heavy atom. The Hall–Kier alpha value is -2.76. The first-order valence-electron chi connectivity index (χ1n) is 8.67. The topological polar surface area (TPSA) is 60.4 Å². The van der Waals surface area contributed by atoms with E-state index < -0.39 is 0 Å². The van der Waals surface area contributed by atoms with E-state index in [2.05, 4.69) is 41.6 Å². The van der Waals surface area contributed by atoms with Gasteiger partial charge in [-0.3, -0.25) is 4.98 Å². The van der Waals surface area contributed by atoms with Gasteiger partial charge in [-0.15, -0.1) is 0 Å². The van der Waals surface area contributed by atoms with Gasteiger partial charge in [-0.1, -0.05) is 0 Å². The molecule has 6 heteroatoms. The van der Waals surface area contributed by atoms with Gasteiger partial charge in [-0.2, -0.15) is 5.10 Å². The Bertz CT molecular complexity index is 1100. The summed E-state index contributed by atoms with van der Waals surface area (Å²) in [4.78, 5) is 14.0. The van der Waals surface area contributed by atoms with Gasteiger partial charge in [0, 0.05) is 29.9 Å². The van der Waals surface area contributed by atoms with Gasteiger partial charge in [-0.25, -0.2) is 14.5 Å². The molecule has 0 aromatic carbocycles. The predicted octanol–water partition coefficient (Wildman–Crippen LogP) is 3.28. The largest absolute Gasteiger partial charge is 0.304 e. The Morgan fingerprint density at radius 3 is 2.72 bits per heavy atom. The third kappa shape index (κ3) is 2.10. The van der Waals surface area contributed by atoms with Crippen molar-refractivity contribution in [3.63, 3.8) is 0 Å². The second-order valence-electron chi connectivity index (χ2n) is 7.15. The fraction of sp³-hybridized carbons (Fsp3) is 0.368. The number of fused-ring (bicyclic) bond motifs is 2. The lowest BCUT2D eigenvalue weighted by molar-refractivity contribution is 0.827. The summed E-state index contributed by atoms with van der Waals surface area (Å²) in [6.07, 6.45) is 5.02. The molecule has 1 fully saturated rings. The van der Waals surface area contributed by atoms with E-state index in [0.29, 0.717) is 11.8 Å². The van der Waals surface area contributed by atoms with Gasteiger partial charge in [0.2, 0.25) is 0 Å². The average molecular weight is 332 g/mol. The van der Waals surface area contributed by atoms with E-state index >= 15 is 0 Å². The Balaban J connectivity index is 1.54. The zero-order valence-corrected chi connectivity index (χ0v) is 14.9. The number of nitrogens with zero attached hydrogens (tertiary/aromatic N) is 6. The highest BCUT2D eigenvalue weighted by Gasteiger charge is 2.45. The normalized spacial score (nSPS) is 19.8. The molecule has 0 bridgehead atoms. The van der Waals surface area contributed by atoms with Crippen LogP contribution in [-0.4, -0.2) is 29.0 Å². The lowest BCUT2D eigenvalue weighted by Crippen LogP contribution is -1.97. The molecular formula is C19H20N6. The fourth-order valence-electron chi connectivity index (χ4n) is 3.69. The Morgan fingerprint density at radius 1 is 1.08 bits per heavy atom. The number of rotatable bonds is 2. The van der Waals surface area contributed by atoms with Crippen molar-refractivity contribution < 1.29 is 0 Å². The van der Waals surface area contributed by atoms with E-state index in [1.54, 1.807) is 0 Å². The van der Waals surface area contributed by atoms with Gasteiger partial charge in [0.05, 0.1) is 17.1 Å². The molecule has 1 saturated carbocycles. The van der Waals surface area contributed by atoms with Crippen LogP contribution in [0.25, 0.3) is 11.3 Å². The number of pyridine rings is 1. The highest BCUT2D eigenvalue weighted by atomic mass is 15.3. The zero-order chi connectivity index (χ0) is 17.3. The standard InChI is InChI=1S/C19H20N6/c1-10-5-6-24-13(4)17(21-16(24)7-10)14-8-15(14)18-22-19-12(3)20-9-11(2)25(19)23-18/h5-7,9,14-15H,8H2,1-4H3/t14?,15-/m1/s1. The summed E-state index contributed by atoms with van der Waals surface area (Å²) in [5, 5.41) is 4.74. The molecule has 0 amide bonds. The number of aromatic nitrogens is 6. The third-order valence-electron chi connectivity index (χ3n) is 5.26. The number of hydrogen-bond donors (Lipinski definition) is 0. The van der Waals surface area contributed by atoms with Gasteiger partial charge in [0.15, 0.2) is 11.5 Å². The van der Waals surface area contributed by atoms with Gasteiger partial charge in [0.1, 0.15) is 5.65 Å². The van der Waals surface area contributed by atoms with Crippen molar-refractivity contribution in [2.24, 2.45) is 0 Å². The predicted molar refractivity (Wildman–Crippen MR) is 95.0 cm³/mol. The molecule has 126 valence electrons. The zero-order valence-electron chi connectivity index (χ0n) is 14.9. The number of aryl methyl sites for hydroxylation is 4. The maximum Gasteiger partial charge on any atom is 0.177 e. The molecule has 1 aliphatic rings. The first-order valence-corrected chi connectivity index (χ1v) is 8.67. The van der Waals surface area contributed by atoms with Crippen molar-refractivity contribution in [1.82, 2.24) is 29.0 Å². The van der Waals surface area contributed by atoms with Crippen LogP contribution in [0.1, 0.15) is 52.4 Å². The highest BCUT2D eigenvalue weighted by molar-refractivity contribution is 5.49. The number of imidazole rings is 1. The highest BCUT2D eigenvalue weighted by Crippen LogP contribution is 2.54. The molecule has 1 aliphatic carbocycles. The average Bonchev–Trinajstić information content (AvgIpc) is 3.12. The van der Waals surface area contributed by atoms with Crippen molar-refractivity contribution in [1.29, 1.82) is 0 Å². The van der Waals surface area contributed by atoms with Crippen molar-refractivity contribution in [3.8, 4) is 0 Å². The van der Waals surface area contributed by atoms with Crippen molar-refractivity contribution in [2.75, 3.05) is 0 Å². The minimum atomic E-state index is 0.350. The van der Waals surface area contributed by atoms with Crippen LogP contribution in [0.4, 0.5) is 0 Å². The Labute approximate surface area is 145 Å². The van der Waals surface area contributed by atoms with Crippen LogP contribution < -0.4 is 0 Å². The quantitative estimate of drug-likeness (QED) is 0.565. The van der Waals surface area contributed by atoms with E-state index in [9.17, 15) is 0 Å². The summed E-state index contributed by atoms with van der Waals surface area (Å²) in [7, 11) is 0. The molecule has 25 heavy (non-hydrogen) atoms. The SMILES string of the molecule is Cc1ccn2c(C)c(C3C[C@H]3c3nc4c(C)ncc(C)n4n3)nc2c1. The summed E-state index contributed by atoms with van der Waals surface area (Å²) in [6.45, 7) is 8.24. The van der Waals surface area contributed by atoms with Crippen molar-refractivity contribution in [2.45, 2.75) is 46.0 Å². The minimum Gasteiger partial charge on any atom is -0.304 e. The summed E-state index contributed by atoms with van der Waals surface area (Å²) >= 11 is 0. The molecule has 0 N–H and O–H groups in total. The van der Waals surface area contributed by atoms with Crippen LogP contribution in [-0.2, 0) is 0 Å². The molecule has 0 saturated heterocycles. The van der Waals surface area contributed by atoms with E-state index in [4.69, 9.17) is 15.1 Å². The Kier molecular flexibility index (Phi) is 2.84. The second-order valence-corrected chi connectivity index (χ2v) is 7.15. The molecular weight excluding hydrogens is 312 g/mol. The van der Waals surface area contributed by atoms with Crippen LogP contribution in [0, 0.1) is 27.7 Å². The van der Waals surface area contributed by atoms with Gasteiger partial charge in [0.25, 0.3) is 0 Å². The molecule has 2 atom stereocenters. The van der Waals surface area contributed by atoms with Crippen LogP contribution in [0.2, 0.25) is 0 Å². The van der Waals surface area contributed by atoms with E-state index in [-0.39, 0.29) is 0 Å². The van der Waals surface area contributed by atoms with Crippen LogP contribution in [0.5, 0.6) is 0 Å². The molecule has 4 aromatic heterocycles. The number of hydrogen-bond acceptors (Lipinski definition) is 4. The molecule has 5 rings (SSSR count). The van der Waals surface area contributed by atoms with Crippen molar-refractivity contribution in [3.05, 3.63) is 58.7 Å². The molecule has 6 nitrogen and oxygen atoms in total. The van der Waals surface area contributed by atoms with Crippen LogP contribution in [0.3, 0.4) is 0 Å². The van der Waals surface area contributed by atoms with Crippen molar-refractivity contribution >= 4 is 11.3 Å². The van der Waals surface area contributed by atoms with E-state index in [1.165, 1.54) is 17.0 Å². The molecule has 0 radical (unpaired) electrons. The van der Waals surface area contributed by atoms with Crippen LogP contribution >= 0.6 is 0 Å². The third-order valence-corrected chi connectivity index (χ3v) is 5.26. The maximum atomic E-state index is 4.89. The summed E-state index contributed by atoms with van der Waals surface area (Å²) in [6, 6.07) is 4.26. The summed E-state index contributed by atoms with van der Waals surface area (Å²) in [5.74, 6) is 1.67. The lowest BCUT2D eigenvalue weighted by atomic mass is 10.2. The lowest BCUT2D eigenvalue weighted by Gasteiger charge is -1.98. The van der Waals surface area contributed by atoms with Gasteiger partial charge < -0.3 is 4.40 Å². The fourth-order valence-corrected chi connectivity index (χ4v) is 3.69. The minimum absolute atomic E-state index is 0.350. The molecule has 0 spiro atoms. The molecule has 4 aromatic rings. The van der Waals surface area contributed by atoms with E-state index in [0.717, 1.165) is 34.9 Å². The first kappa shape index (κ1) is 14.6. The molecule has 1 unspecified atom stereocenters. The first-order chi connectivity index (χ1) is 12.0. The summed E-state index contributed by atoms with van der Waals surface area (Å²) < 4.78 is 4.08. The smallest absolute Gasteiger partial charge is 0.177 e. The van der Waals surface area contributed by atoms with E-state index in [1.807, 2.05) is 24.6 Å².